The van der Waals surface area contributed by atoms with E-state index in [9.17, 15) is 14.4 Å². The number of carbonyl (C=O) groups is 1. The van der Waals surface area contributed by atoms with Crippen LogP contribution in [0.3, 0.4) is 0 Å². The lowest BCUT2D eigenvalue weighted by Crippen LogP contribution is -2.24. The van der Waals surface area contributed by atoms with Gasteiger partial charge in [0.15, 0.2) is 18.1 Å². The molecule has 0 aliphatic carbocycles. The fourth-order valence-corrected chi connectivity index (χ4v) is 3.34. The molecular weight excluding hydrogens is 418 g/mol. The molecule has 0 aliphatic rings. The van der Waals surface area contributed by atoms with Gasteiger partial charge < -0.3 is 19.2 Å². The second-order valence-corrected chi connectivity index (χ2v) is 6.73. The van der Waals surface area contributed by atoms with Crippen LogP contribution in [0.15, 0.2) is 39.9 Å². The minimum atomic E-state index is -0.605. The summed E-state index contributed by atoms with van der Waals surface area (Å²) < 4.78 is 16.2. The predicted octanol–water partition coefficient (Wildman–Crippen LogP) is 1.50. The van der Waals surface area contributed by atoms with E-state index in [1.807, 2.05) is 6.07 Å². The van der Waals surface area contributed by atoms with Gasteiger partial charge in [0.25, 0.3) is 17.0 Å². The van der Waals surface area contributed by atoms with Gasteiger partial charge in [0.2, 0.25) is 5.95 Å². The van der Waals surface area contributed by atoms with Crippen molar-refractivity contribution < 1.29 is 19.0 Å². The summed E-state index contributed by atoms with van der Waals surface area (Å²) in [5.74, 6) is 0.283. The van der Waals surface area contributed by atoms with Crippen molar-refractivity contribution >= 4 is 33.7 Å². The van der Waals surface area contributed by atoms with Gasteiger partial charge in [0.1, 0.15) is 33.4 Å². The van der Waals surface area contributed by atoms with Gasteiger partial charge in [-0.3, -0.25) is 24.7 Å². The lowest BCUT2D eigenvalue weighted by Gasteiger charge is -2.14. The highest BCUT2D eigenvalue weighted by atomic mass is 16.5. The van der Waals surface area contributed by atoms with Gasteiger partial charge in [0, 0.05) is 0 Å². The van der Waals surface area contributed by atoms with Crippen LogP contribution in [-0.4, -0.2) is 46.7 Å². The zero-order valence-corrected chi connectivity index (χ0v) is 17.4. The van der Waals surface area contributed by atoms with Crippen molar-refractivity contribution in [2.24, 2.45) is 0 Å². The van der Waals surface area contributed by atoms with Gasteiger partial charge in [-0.2, -0.15) is 0 Å². The molecule has 4 rings (SSSR count). The molecular formula is C21H19N5O6. The number of fused-ring (bicyclic) bond motifs is 2. The second kappa shape index (κ2) is 8.38. The van der Waals surface area contributed by atoms with Gasteiger partial charge in [-0.1, -0.05) is 18.2 Å². The lowest BCUT2D eigenvalue weighted by molar-refractivity contribution is -0.118. The first-order valence-electron chi connectivity index (χ1n) is 9.49. The van der Waals surface area contributed by atoms with Crippen molar-refractivity contribution in [3.8, 4) is 17.2 Å². The Hall–Kier alpha value is -4.41. The summed E-state index contributed by atoms with van der Waals surface area (Å²) in [5.41, 5.74) is -0.881. The number of para-hydroxylation sites is 1. The van der Waals surface area contributed by atoms with Gasteiger partial charge >= 0.3 is 0 Å². The Morgan fingerprint density at radius 1 is 0.938 bits per heavy atom. The minimum absolute atomic E-state index is 0.0340. The molecule has 0 unspecified atom stereocenters. The van der Waals surface area contributed by atoms with Gasteiger partial charge in [-0.05, 0) is 19.1 Å². The number of anilines is 1. The molecule has 4 aromatic rings. The van der Waals surface area contributed by atoms with E-state index >= 15 is 0 Å². The third kappa shape index (κ3) is 3.71. The summed E-state index contributed by atoms with van der Waals surface area (Å²) in [5, 5.41) is 2.59. The fraction of sp³-hybridized carbons (Fsp3) is 0.190. The van der Waals surface area contributed by atoms with E-state index in [0.717, 1.165) is 0 Å². The van der Waals surface area contributed by atoms with Crippen molar-refractivity contribution in [2.75, 3.05) is 26.1 Å². The highest BCUT2D eigenvalue weighted by Gasteiger charge is 2.23. The number of carbonyl (C=O) groups excluding carboxylic acids is 1. The standard InChI is InChI=1S/C21H19N5O6/c1-10-22-15-13(19(28)23-10)18(31-3)16-14(17(15)30-2)20(29)26-21(25-16)24-12(27)9-32-11-7-5-4-6-8-11/h4-8H,9H2,1-3H3,(H,22,23,28)(H2,24,25,26,27,29). The maximum atomic E-state index is 12.9. The number of rotatable bonds is 6. The van der Waals surface area contributed by atoms with Crippen molar-refractivity contribution in [3.63, 3.8) is 0 Å². The first kappa shape index (κ1) is 20.8. The first-order valence-corrected chi connectivity index (χ1v) is 9.49. The summed E-state index contributed by atoms with van der Waals surface area (Å²) in [6.45, 7) is 1.31. The topological polar surface area (TPSA) is 148 Å². The summed E-state index contributed by atoms with van der Waals surface area (Å²) in [4.78, 5) is 51.5. The monoisotopic (exact) mass is 437 g/mol. The number of hydrogen-bond donors (Lipinski definition) is 3. The third-order valence-corrected chi connectivity index (χ3v) is 4.62. The van der Waals surface area contributed by atoms with Crippen LogP contribution in [0, 0.1) is 6.92 Å². The molecule has 0 aliphatic heterocycles. The number of nitrogens with one attached hydrogen (secondary N) is 3. The molecule has 0 radical (unpaired) electrons. The molecule has 2 heterocycles. The molecule has 0 saturated carbocycles. The van der Waals surface area contributed by atoms with E-state index < -0.39 is 17.0 Å². The normalized spacial score (nSPS) is 10.8. The Labute approximate surface area is 180 Å². The van der Waals surface area contributed by atoms with E-state index in [2.05, 4.69) is 25.3 Å². The smallest absolute Gasteiger partial charge is 0.264 e. The van der Waals surface area contributed by atoms with Crippen LogP contribution >= 0.6 is 0 Å². The van der Waals surface area contributed by atoms with Crippen molar-refractivity contribution in [3.05, 3.63) is 56.9 Å². The maximum absolute atomic E-state index is 12.9. The number of aryl methyl sites for hydroxylation is 1. The number of amides is 1. The number of hydrogen-bond acceptors (Lipinski definition) is 8. The Morgan fingerprint density at radius 2 is 1.53 bits per heavy atom. The predicted molar refractivity (Wildman–Crippen MR) is 117 cm³/mol. The Kier molecular flexibility index (Phi) is 5.46. The fourth-order valence-electron chi connectivity index (χ4n) is 3.34. The SMILES string of the molecule is COc1c2nc(NC(=O)COc3ccccc3)[nH]c(=O)c2c(OC)c2nc(C)[nH]c(=O)c12. The van der Waals surface area contributed by atoms with E-state index in [4.69, 9.17) is 14.2 Å². The molecule has 0 bridgehead atoms. The third-order valence-electron chi connectivity index (χ3n) is 4.62. The van der Waals surface area contributed by atoms with E-state index in [0.29, 0.717) is 11.6 Å². The maximum Gasteiger partial charge on any atom is 0.264 e. The van der Waals surface area contributed by atoms with Crippen LogP contribution in [-0.2, 0) is 4.79 Å². The van der Waals surface area contributed by atoms with Crippen LogP contribution in [0.4, 0.5) is 5.95 Å². The molecule has 11 heteroatoms. The Bertz CT molecular complexity index is 1450. The average Bonchev–Trinajstić information content (AvgIpc) is 2.77. The molecule has 3 N–H and O–H groups in total. The molecule has 164 valence electrons. The molecule has 11 nitrogen and oxygen atoms in total. The Balaban J connectivity index is 1.80. The number of H-pyrrole nitrogens is 2. The van der Waals surface area contributed by atoms with E-state index in [1.165, 1.54) is 14.2 Å². The number of aromatic amines is 2. The quantitative estimate of drug-likeness (QED) is 0.384. The molecule has 1 amide bonds. The van der Waals surface area contributed by atoms with E-state index in [1.54, 1.807) is 31.2 Å². The summed E-state index contributed by atoms with van der Waals surface area (Å²) >= 11 is 0. The molecule has 0 spiro atoms. The lowest BCUT2D eigenvalue weighted by atomic mass is 10.1. The highest BCUT2D eigenvalue weighted by molar-refractivity contribution is 6.08. The number of nitrogens with zero attached hydrogens (tertiary/aromatic N) is 2. The molecule has 0 atom stereocenters. The van der Waals surface area contributed by atoms with Crippen LogP contribution in [0.2, 0.25) is 0 Å². The minimum Gasteiger partial charge on any atom is -0.494 e. The first-order chi connectivity index (χ1) is 15.4. The van der Waals surface area contributed by atoms with Crippen LogP contribution in [0.5, 0.6) is 17.2 Å². The van der Waals surface area contributed by atoms with Crippen molar-refractivity contribution in [1.29, 1.82) is 0 Å². The van der Waals surface area contributed by atoms with Crippen molar-refractivity contribution in [2.45, 2.75) is 6.92 Å². The molecule has 32 heavy (non-hydrogen) atoms. The van der Waals surface area contributed by atoms with Crippen LogP contribution in [0.25, 0.3) is 21.8 Å². The van der Waals surface area contributed by atoms with Gasteiger partial charge in [-0.25, -0.2) is 9.97 Å². The van der Waals surface area contributed by atoms with Gasteiger partial charge in [0.05, 0.1) is 14.2 Å². The molecule has 0 fully saturated rings. The summed E-state index contributed by atoms with van der Waals surface area (Å²) in [6.07, 6.45) is 0. The van der Waals surface area contributed by atoms with Crippen LogP contribution < -0.4 is 30.6 Å². The average molecular weight is 437 g/mol. The second-order valence-electron chi connectivity index (χ2n) is 6.73. The largest absolute Gasteiger partial charge is 0.494 e. The number of aromatic nitrogens is 4. The summed E-state index contributed by atoms with van der Waals surface area (Å²) in [6, 6.07) is 8.79. The highest BCUT2D eigenvalue weighted by Crippen LogP contribution is 2.37. The number of methoxy groups -OCH3 is 2. The zero-order chi connectivity index (χ0) is 22.8. The summed E-state index contributed by atoms with van der Waals surface area (Å²) in [7, 11) is 2.70. The van der Waals surface area contributed by atoms with Crippen molar-refractivity contribution in [1.82, 2.24) is 19.9 Å². The number of benzene rings is 2. The molecule has 0 saturated heterocycles. The van der Waals surface area contributed by atoms with E-state index in [-0.39, 0.29) is 45.9 Å². The Morgan fingerprint density at radius 3 is 2.16 bits per heavy atom. The van der Waals surface area contributed by atoms with Gasteiger partial charge in [-0.15, -0.1) is 0 Å². The molecule has 2 aromatic carbocycles. The zero-order valence-electron chi connectivity index (χ0n) is 17.4. The van der Waals surface area contributed by atoms with Crippen LogP contribution in [0.1, 0.15) is 5.82 Å². The number of ether oxygens (including phenoxy) is 3. The molecule has 2 aromatic heterocycles.